The lowest BCUT2D eigenvalue weighted by Crippen LogP contribution is -2.00. The minimum atomic E-state index is 0.597. The summed E-state index contributed by atoms with van der Waals surface area (Å²) in [6, 6.07) is 0. The molecule has 2 heteroatoms. The van der Waals surface area contributed by atoms with E-state index in [1.807, 2.05) is 23.5 Å². The topological polar surface area (TPSA) is 0 Å². The van der Waals surface area contributed by atoms with Crippen molar-refractivity contribution in [1.82, 2.24) is 0 Å². The average molecular weight is 163 g/mol. The third-order valence-corrected chi connectivity index (χ3v) is 3.14. The molecule has 0 amide bonds. The molecule has 0 rings (SSSR count). The van der Waals surface area contributed by atoms with Gasteiger partial charge in [0.05, 0.1) is 0 Å². The van der Waals surface area contributed by atoms with Gasteiger partial charge in [-0.05, 0) is 18.4 Å². The van der Waals surface area contributed by atoms with Crippen LogP contribution in [0.5, 0.6) is 0 Å². The summed E-state index contributed by atoms with van der Waals surface area (Å²) in [4.78, 5) is 0. The van der Waals surface area contributed by atoms with Crippen LogP contribution in [-0.4, -0.2) is 22.5 Å². The summed E-state index contributed by atoms with van der Waals surface area (Å²) in [5, 5.41) is 0.597. The molecule has 0 aromatic carbocycles. The second kappa shape index (κ2) is 6.81. The van der Waals surface area contributed by atoms with E-state index in [0.29, 0.717) is 5.25 Å². The Labute approximate surface area is 67.2 Å². The molecule has 1 unspecified atom stereocenters. The van der Waals surface area contributed by atoms with E-state index in [0.717, 1.165) is 0 Å². The molecule has 0 aromatic heterocycles. The standard InChI is InChI=1S/C7H15S2/c1-4-8-6-7(3)9-5-2/h7H,3-6H2,1-2H3. The molecular weight excluding hydrogens is 148 g/mol. The van der Waals surface area contributed by atoms with Gasteiger partial charge in [0.1, 0.15) is 0 Å². The summed E-state index contributed by atoms with van der Waals surface area (Å²) in [6.07, 6.45) is 0. The van der Waals surface area contributed by atoms with Crippen LogP contribution in [0.3, 0.4) is 0 Å². The van der Waals surface area contributed by atoms with Crippen molar-refractivity contribution < 1.29 is 0 Å². The molecule has 1 radical (unpaired) electrons. The number of rotatable bonds is 5. The second-order valence-corrected chi connectivity index (χ2v) is 4.63. The van der Waals surface area contributed by atoms with Crippen molar-refractivity contribution in [3.8, 4) is 0 Å². The highest BCUT2D eigenvalue weighted by Crippen LogP contribution is 2.14. The monoisotopic (exact) mass is 163 g/mol. The van der Waals surface area contributed by atoms with Crippen molar-refractivity contribution in [2.45, 2.75) is 19.1 Å². The van der Waals surface area contributed by atoms with Gasteiger partial charge < -0.3 is 0 Å². The summed E-state index contributed by atoms with van der Waals surface area (Å²) < 4.78 is 0. The van der Waals surface area contributed by atoms with Gasteiger partial charge in [-0.3, -0.25) is 0 Å². The zero-order valence-electron chi connectivity index (χ0n) is 6.22. The highest BCUT2D eigenvalue weighted by Gasteiger charge is 1.98. The van der Waals surface area contributed by atoms with Crippen LogP contribution in [0.25, 0.3) is 0 Å². The lowest BCUT2D eigenvalue weighted by atomic mass is 10.6. The van der Waals surface area contributed by atoms with Crippen LogP contribution < -0.4 is 0 Å². The predicted octanol–water partition coefficient (Wildman–Crippen LogP) is 2.70. The summed E-state index contributed by atoms with van der Waals surface area (Å²) >= 11 is 3.91. The van der Waals surface area contributed by atoms with Crippen LogP contribution in [0, 0.1) is 6.92 Å². The number of hydrogen-bond acceptors (Lipinski definition) is 2. The van der Waals surface area contributed by atoms with E-state index in [2.05, 4.69) is 20.8 Å². The maximum absolute atomic E-state index is 4.01. The third kappa shape index (κ3) is 6.59. The first-order valence-corrected chi connectivity index (χ1v) is 5.54. The molecule has 0 nitrogen and oxygen atoms in total. The minimum Gasteiger partial charge on any atom is -0.161 e. The lowest BCUT2D eigenvalue weighted by molar-refractivity contribution is 1.25. The molecule has 0 aromatic rings. The Balaban J connectivity index is 2.95. The summed E-state index contributed by atoms with van der Waals surface area (Å²) in [7, 11) is 0. The minimum absolute atomic E-state index is 0.597. The molecule has 0 saturated heterocycles. The fraction of sp³-hybridized carbons (Fsp3) is 0.857. The normalized spacial score (nSPS) is 13.7. The molecule has 0 aliphatic rings. The first-order chi connectivity index (χ1) is 4.31. The van der Waals surface area contributed by atoms with Gasteiger partial charge >= 0.3 is 0 Å². The summed E-state index contributed by atoms with van der Waals surface area (Å²) in [5.41, 5.74) is 0. The highest BCUT2D eigenvalue weighted by atomic mass is 32.2. The van der Waals surface area contributed by atoms with Crippen LogP contribution in [0.4, 0.5) is 0 Å². The fourth-order valence-corrected chi connectivity index (χ4v) is 2.18. The largest absolute Gasteiger partial charge is 0.161 e. The van der Waals surface area contributed by atoms with Crippen molar-refractivity contribution in [3.63, 3.8) is 0 Å². The first kappa shape index (κ1) is 9.70. The van der Waals surface area contributed by atoms with Crippen molar-refractivity contribution in [2.24, 2.45) is 0 Å². The Kier molecular flexibility index (Phi) is 7.34. The van der Waals surface area contributed by atoms with Gasteiger partial charge in [0.15, 0.2) is 0 Å². The Morgan fingerprint density at radius 1 is 1.33 bits per heavy atom. The molecule has 0 spiro atoms. The molecule has 0 aliphatic heterocycles. The van der Waals surface area contributed by atoms with E-state index >= 15 is 0 Å². The second-order valence-electron chi connectivity index (χ2n) is 1.74. The molecule has 55 valence electrons. The molecule has 0 fully saturated rings. The van der Waals surface area contributed by atoms with Gasteiger partial charge in [-0.2, -0.15) is 23.5 Å². The van der Waals surface area contributed by atoms with Gasteiger partial charge in [-0.1, -0.05) is 13.8 Å². The molecule has 1 atom stereocenters. The van der Waals surface area contributed by atoms with Crippen molar-refractivity contribution >= 4 is 23.5 Å². The van der Waals surface area contributed by atoms with Gasteiger partial charge in [0.2, 0.25) is 0 Å². The number of hydrogen-bond donors (Lipinski definition) is 0. The molecule has 0 saturated carbocycles. The van der Waals surface area contributed by atoms with Crippen LogP contribution >= 0.6 is 23.5 Å². The molecule has 0 aliphatic carbocycles. The third-order valence-electron chi connectivity index (χ3n) is 0.910. The Bertz CT molecular complexity index is 54.9. The predicted molar refractivity (Wildman–Crippen MR) is 50.3 cm³/mol. The Morgan fingerprint density at radius 2 is 2.00 bits per heavy atom. The van der Waals surface area contributed by atoms with E-state index < -0.39 is 0 Å². The van der Waals surface area contributed by atoms with Gasteiger partial charge in [0, 0.05) is 11.0 Å². The van der Waals surface area contributed by atoms with Crippen LogP contribution in [0.2, 0.25) is 0 Å². The van der Waals surface area contributed by atoms with Gasteiger partial charge in [-0.25, -0.2) is 0 Å². The highest BCUT2D eigenvalue weighted by molar-refractivity contribution is 8.03. The first-order valence-electron chi connectivity index (χ1n) is 3.33. The maximum Gasteiger partial charge on any atom is 0.0138 e. The Hall–Kier alpha value is 0.700. The smallest absolute Gasteiger partial charge is 0.0138 e. The van der Waals surface area contributed by atoms with E-state index in [9.17, 15) is 0 Å². The molecule has 0 heterocycles. The van der Waals surface area contributed by atoms with Crippen molar-refractivity contribution in [2.75, 3.05) is 17.3 Å². The molecule has 9 heavy (non-hydrogen) atoms. The van der Waals surface area contributed by atoms with E-state index in [1.165, 1.54) is 17.3 Å². The van der Waals surface area contributed by atoms with Gasteiger partial charge in [0.25, 0.3) is 0 Å². The van der Waals surface area contributed by atoms with Crippen LogP contribution in [0.1, 0.15) is 13.8 Å². The average Bonchev–Trinajstić information content (AvgIpc) is 1.85. The molecule has 0 bridgehead atoms. The fourth-order valence-electron chi connectivity index (χ4n) is 0.533. The quantitative estimate of drug-likeness (QED) is 0.611. The van der Waals surface area contributed by atoms with Gasteiger partial charge in [-0.15, -0.1) is 0 Å². The van der Waals surface area contributed by atoms with Crippen LogP contribution in [-0.2, 0) is 0 Å². The maximum atomic E-state index is 4.01. The zero-order valence-corrected chi connectivity index (χ0v) is 7.86. The van der Waals surface area contributed by atoms with Crippen LogP contribution in [0.15, 0.2) is 0 Å². The SMILES string of the molecule is [CH2]C(CSCC)SCC. The van der Waals surface area contributed by atoms with E-state index in [-0.39, 0.29) is 0 Å². The molecule has 0 N–H and O–H groups in total. The zero-order chi connectivity index (χ0) is 7.11. The molecular formula is C7H15S2. The van der Waals surface area contributed by atoms with Crippen molar-refractivity contribution in [1.29, 1.82) is 0 Å². The van der Waals surface area contributed by atoms with E-state index in [1.54, 1.807) is 0 Å². The summed E-state index contributed by atoms with van der Waals surface area (Å²) in [6.45, 7) is 8.38. The van der Waals surface area contributed by atoms with E-state index in [4.69, 9.17) is 0 Å². The Morgan fingerprint density at radius 3 is 2.44 bits per heavy atom. The lowest BCUT2D eigenvalue weighted by Gasteiger charge is -2.06. The summed E-state index contributed by atoms with van der Waals surface area (Å²) in [5.74, 6) is 3.61. The van der Waals surface area contributed by atoms with Crippen molar-refractivity contribution in [3.05, 3.63) is 6.92 Å². The number of thioether (sulfide) groups is 2.